The lowest BCUT2D eigenvalue weighted by Crippen LogP contribution is -2.32. The summed E-state index contributed by atoms with van der Waals surface area (Å²) in [6.45, 7) is 4.01. The van der Waals surface area contributed by atoms with Gasteiger partial charge in [0.25, 0.3) is 5.91 Å². The van der Waals surface area contributed by atoms with E-state index in [-0.39, 0.29) is 23.3 Å². The summed E-state index contributed by atoms with van der Waals surface area (Å²) < 4.78 is 4.96. The molecular weight excluding hydrogens is 218 g/mol. The van der Waals surface area contributed by atoms with Gasteiger partial charge >= 0.3 is 0 Å². The lowest BCUT2D eigenvalue weighted by atomic mass is 10.1. The minimum atomic E-state index is -0.258. The van der Waals surface area contributed by atoms with Gasteiger partial charge in [0.2, 0.25) is 0 Å². The molecule has 1 rings (SSSR count). The van der Waals surface area contributed by atoms with Crippen molar-refractivity contribution in [2.75, 3.05) is 7.11 Å². The van der Waals surface area contributed by atoms with E-state index in [1.807, 2.05) is 6.92 Å². The van der Waals surface area contributed by atoms with E-state index in [4.69, 9.17) is 4.74 Å². The maximum atomic E-state index is 11.8. The van der Waals surface area contributed by atoms with Crippen molar-refractivity contribution in [3.8, 4) is 11.5 Å². The van der Waals surface area contributed by atoms with E-state index in [1.54, 1.807) is 12.1 Å². The second-order valence-electron chi connectivity index (χ2n) is 4.05. The minimum absolute atomic E-state index is 0.0643. The summed E-state index contributed by atoms with van der Waals surface area (Å²) in [5.41, 5.74) is 0.272. The Balaban J connectivity index is 2.75. The van der Waals surface area contributed by atoms with Crippen molar-refractivity contribution in [2.24, 2.45) is 0 Å². The van der Waals surface area contributed by atoms with Gasteiger partial charge in [-0.15, -0.1) is 0 Å². The number of hydrogen-bond acceptors (Lipinski definition) is 3. The zero-order chi connectivity index (χ0) is 12.8. The van der Waals surface area contributed by atoms with Crippen molar-refractivity contribution in [1.29, 1.82) is 0 Å². The highest BCUT2D eigenvalue weighted by Crippen LogP contribution is 2.23. The first-order valence-corrected chi connectivity index (χ1v) is 5.76. The fourth-order valence-corrected chi connectivity index (χ4v) is 1.64. The summed E-state index contributed by atoms with van der Waals surface area (Å²) in [4.78, 5) is 11.8. The molecule has 1 atom stereocenters. The maximum absolute atomic E-state index is 11.8. The number of carbonyl (C=O) groups excluding carboxylic acids is 1. The first kappa shape index (κ1) is 13.4. The summed E-state index contributed by atoms with van der Waals surface area (Å²) >= 11 is 0. The van der Waals surface area contributed by atoms with Crippen LogP contribution in [0.15, 0.2) is 18.2 Å². The van der Waals surface area contributed by atoms with Crippen molar-refractivity contribution in [3.63, 3.8) is 0 Å². The van der Waals surface area contributed by atoms with E-state index in [0.717, 1.165) is 12.8 Å². The molecule has 0 spiro atoms. The molecule has 4 heteroatoms. The zero-order valence-electron chi connectivity index (χ0n) is 10.5. The molecule has 0 aliphatic heterocycles. The number of rotatable bonds is 5. The predicted octanol–water partition coefficient (Wildman–Crippen LogP) is 2.32. The van der Waals surface area contributed by atoms with Crippen molar-refractivity contribution in [2.45, 2.75) is 32.7 Å². The van der Waals surface area contributed by atoms with E-state index in [9.17, 15) is 9.90 Å². The third kappa shape index (κ3) is 3.66. The SMILES string of the molecule is CCCC(C)NC(=O)c1ccc(OC)cc1O. The van der Waals surface area contributed by atoms with Crippen molar-refractivity contribution < 1.29 is 14.6 Å². The van der Waals surface area contributed by atoms with E-state index in [2.05, 4.69) is 12.2 Å². The van der Waals surface area contributed by atoms with Gasteiger partial charge in [0.05, 0.1) is 12.7 Å². The molecule has 0 saturated carbocycles. The van der Waals surface area contributed by atoms with Crippen LogP contribution in [0.1, 0.15) is 37.0 Å². The first-order valence-electron chi connectivity index (χ1n) is 5.76. The highest BCUT2D eigenvalue weighted by Gasteiger charge is 2.13. The molecule has 1 unspecified atom stereocenters. The monoisotopic (exact) mass is 237 g/mol. The number of phenolic OH excluding ortho intramolecular Hbond substituents is 1. The minimum Gasteiger partial charge on any atom is -0.507 e. The smallest absolute Gasteiger partial charge is 0.255 e. The number of ether oxygens (including phenoxy) is 1. The third-order valence-electron chi connectivity index (χ3n) is 2.55. The molecule has 0 radical (unpaired) electrons. The van der Waals surface area contributed by atoms with Crippen LogP contribution >= 0.6 is 0 Å². The topological polar surface area (TPSA) is 58.6 Å². The second kappa shape index (κ2) is 6.13. The fraction of sp³-hybridized carbons (Fsp3) is 0.462. The molecule has 0 aliphatic rings. The molecule has 17 heavy (non-hydrogen) atoms. The molecule has 0 aromatic heterocycles. The highest BCUT2D eigenvalue weighted by atomic mass is 16.5. The van der Waals surface area contributed by atoms with Gasteiger partial charge in [-0.1, -0.05) is 13.3 Å². The average molecular weight is 237 g/mol. The summed E-state index contributed by atoms with van der Waals surface area (Å²) in [5.74, 6) is 0.206. The zero-order valence-corrected chi connectivity index (χ0v) is 10.5. The highest BCUT2D eigenvalue weighted by molar-refractivity contribution is 5.97. The molecule has 2 N–H and O–H groups in total. The number of phenols is 1. The Hall–Kier alpha value is -1.71. The predicted molar refractivity (Wildman–Crippen MR) is 66.5 cm³/mol. The number of carbonyl (C=O) groups is 1. The number of hydrogen-bond donors (Lipinski definition) is 2. The van der Waals surface area contributed by atoms with Gasteiger partial charge in [-0.2, -0.15) is 0 Å². The van der Waals surface area contributed by atoms with E-state index >= 15 is 0 Å². The molecule has 94 valence electrons. The largest absolute Gasteiger partial charge is 0.507 e. The fourth-order valence-electron chi connectivity index (χ4n) is 1.64. The summed E-state index contributed by atoms with van der Waals surface area (Å²) in [7, 11) is 1.51. The molecule has 4 nitrogen and oxygen atoms in total. The maximum Gasteiger partial charge on any atom is 0.255 e. The van der Waals surface area contributed by atoms with Gasteiger partial charge < -0.3 is 15.2 Å². The van der Waals surface area contributed by atoms with Crippen molar-refractivity contribution in [1.82, 2.24) is 5.32 Å². The second-order valence-corrected chi connectivity index (χ2v) is 4.05. The van der Waals surface area contributed by atoms with Crippen LogP contribution in [-0.2, 0) is 0 Å². The van der Waals surface area contributed by atoms with Gasteiger partial charge in [0.15, 0.2) is 0 Å². The van der Waals surface area contributed by atoms with Gasteiger partial charge in [-0.3, -0.25) is 4.79 Å². The molecule has 0 heterocycles. The van der Waals surface area contributed by atoms with Gasteiger partial charge in [0.1, 0.15) is 11.5 Å². The Kier molecular flexibility index (Phi) is 4.82. The van der Waals surface area contributed by atoms with Crippen LogP contribution in [0.4, 0.5) is 0 Å². The quantitative estimate of drug-likeness (QED) is 0.826. The van der Waals surface area contributed by atoms with E-state index in [1.165, 1.54) is 13.2 Å². The summed E-state index contributed by atoms with van der Waals surface area (Å²) in [6, 6.07) is 4.75. The third-order valence-corrected chi connectivity index (χ3v) is 2.55. The van der Waals surface area contributed by atoms with Crippen molar-refractivity contribution in [3.05, 3.63) is 23.8 Å². The van der Waals surface area contributed by atoms with Crippen LogP contribution in [0.3, 0.4) is 0 Å². The van der Waals surface area contributed by atoms with Crippen LogP contribution in [0.25, 0.3) is 0 Å². The van der Waals surface area contributed by atoms with E-state index < -0.39 is 0 Å². The molecule has 1 aromatic carbocycles. The van der Waals surface area contributed by atoms with Crippen LogP contribution in [0.2, 0.25) is 0 Å². The molecule has 1 amide bonds. The summed E-state index contributed by atoms with van der Waals surface area (Å²) in [5, 5.41) is 12.5. The Morgan fingerprint density at radius 1 is 1.53 bits per heavy atom. The number of benzene rings is 1. The number of methoxy groups -OCH3 is 1. The molecule has 0 saturated heterocycles. The lowest BCUT2D eigenvalue weighted by Gasteiger charge is -2.13. The van der Waals surface area contributed by atoms with Crippen LogP contribution in [0, 0.1) is 0 Å². The van der Waals surface area contributed by atoms with E-state index in [0.29, 0.717) is 5.75 Å². The Labute approximate surface area is 102 Å². The molecule has 1 aromatic rings. The standard InChI is InChI=1S/C13H19NO3/c1-4-5-9(2)14-13(16)11-7-6-10(17-3)8-12(11)15/h6-9,15H,4-5H2,1-3H3,(H,14,16). The van der Waals surface area contributed by atoms with Gasteiger partial charge in [-0.05, 0) is 25.5 Å². The number of nitrogens with one attached hydrogen (secondary N) is 1. The summed E-state index contributed by atoms with van der Waals surface area (Å²) in [6.07, 6.45) is 1.93. The Bertz CT molecular complexity index is 390. The molecule has 0 aliphatic carbocycles. The van der Waals surface area contributed by atoms with Gasteiger partial charge in [0, 0.05) is 12.1 Å². The molecule has 0 bridgehead atoms. The average Bonchev–Trinajstić information content (AvgIpc) is 2.28. The normalized spacial score (nSPS) is 11.9. The number of amides is 1. The van der Waals surface area contributed by atoms with Gasteiger partial charge in [-0.25, -0.2) is 0 Å². The van der Waals surface area contributed by atoms with Crippen molar-refractivity contribution >= 4 is 5.91 Å². The molecule has 0 fully saturated rings. The number of aromatic hydroxyl groups is 1. The Morgan fingerprint density at radius 3 is 2.76 bits per heavy atom. The van der Waals surface area contributed by atoms with Crippen LogP contribution in [0.5, 0.6) is 11.5 Å². The lowest BCUT2D eigenvalue weighted by molar-refractivity contribution is 0.0935. The van der Waals surface area contributed by atoms with Crippen LogP contribution < -0.4 is 10.1 Å². The first-order chi connectivity index (χ1) is 8.08. The Morgan fingerprint density at radius 2 is 2.24 bits per heavy atom. The van der Waals surface area contributed by atoms with Crippen LogP contribution in [-0.4, -0.2) is 24.2 Å². The molecular formula is C13H19NO3.